The van der Waals surface area contributed by atoms with Crippen LogP contribution in [-0.2, 0) is 18.3 Å². The largest absolute Gasteiger partial charge is 0.383 e. The number of amides is 1. The fraction of sp³-hybridized carbons (Fsp3) is 0.207. The lowest BCUT2D eigenvalue weighted by molar-refractivity contribution is -0.117. The maximum absolute atomic E-state index is 12.1. The molecule has 0 unspecified atom stereocenters. The average molecular weight is 492 g/mol. The number of nitrogens with one attached hydrogen (secondary N) is 1. The number of nitrogens with two attached hydrogens (primary N) is 1. The van der Waals surface area contributed by atoms with Crippen LogP contribution in [0, 0.1) is 12.8 Å². The number of benzene rings is 1. The van der Waals surface area contributed by atoms with Gasteiger partial charge in [-0.2, -0.15) is 5.10 Å². The second-order valence-corrected chi connectivity index (χ2v) is 9.24. The molecule has 37 heavy (non-hydrogen) atoms. The van der Waals surface area contributed by atoms with Crippen LogP contribution in [0.3, 0.4) is 0 Å². The molecule has 1 aliphatic carbocycles. The highest BCUT2D eigenvalue weighted by Crippen LogP contribution is 2.33. The van der Waals surface area contributed by atoms with Gasteiger partial charge in [0.1, 0.15) is 11.6 Å². The molecule has 1 saturated carbocycles. The summed E-state index contributed by atoms with van der Waals surface area (Å²) in [6.45, 7) is 2.06. The minimum absolute atomic E-state index is 0.0300. The Balaban J connectivity index is 0.000000412. The van der Waals surface area contributed by atoms with Crippen LogP contribution < -0.4 is 11.1 Å². The van der Waals surface area contributed by atoms with Crippen LogP contribution in [0.15, 0.2) is 79.4 Å². The molecule has 1 aliphatic rings. The smallest absolute Gasteiger partial charge is 0.228 e. The van der Waals surface area contributed by atoms with Gasteiger partial charge in [-0.1, -0.05) is 30.3 Å². The summed E-state index contributed by atoms with van der Waals surface area (Å²) in [6.07, 6.45) is 9.74. The van der Waals surface area contributed by atoms with Crippen molar-refractivity contribution < 1.29 is 4.79 Å². The Kier molecular flexibility index (Phi) is 6.89. The van der Waals surface area contributed by atoms with Gasteiger partial charge in [-0.3, -0.25) is 14.5 Å². The molecule has 4 aromatic heterocycles. The van der Waals surface area contributed by atoms with Crippen molar-refractivity contribution in [3.8, 4) is 11.3 Å². The molecule has 0 saturated heterocycles. The standard InChI is InChI=1S/C25H23N5O.C4H6N2/c1-15-9-10-27-20(11-16-5-3-2-4-6-16)23(15)21-12-18-13-22(30-25(31)17-7-8-17)28-14-19(18)24(26)29-21;1-6-4-2-3-5-6/h2-6,9-10,12-14,17H,7-8,11H2,1H3,(H2,26,29)(H,28,30,31);2-4H,1H3. The van der Waals surface area contributed by atoms with Gasteiger partial charge in [0.25, 0.3) is 0 Å². The molecule has 0 atom stereocenters. The maximum Gasteiger partial charge on any atom is 0.228 e. The van der Waals surface area contributed by atoms with Gasteiger partial charge in [0.15, 0.2) is 0 Å². The van der Waals surface area contributed by atoms with Crippen LogP contribution in [-0.4, -0.2) is 30.6 Å². The molecule has 186 valence electrons. The third-order valence-electron chi connectivity index (χ3n) is 6.29. The quantitative estimate of drug-likeness (QED) is 0.360. The monoisotopic (exact) mass is 491 g/mol. The number of anilines is 2. The van der Waals surface area contributed by atoms with Crippen molar-refractivity contribution in [2.75, 3.05) is 11.1 Å². The number of hydrogen-bond donors (Lipinski definition) is 2. The number of rotatable bonds is 5. The van der Waals surface area contributed by atoms with Crippen LogP contribution in [0.5, 0.6) is 0 Å². The zero-order chi connectivity index (χ0) is 25.8. The molecular weight excluding hydrogens is 462 g/mol. The second kappa shape index (κ2) is 10.6. The van der Waals surface area contributed by atoms with Crippen molar-refractivity contribution in [1.82, 2.24) is 24.7 Å². The first kappa shape index (κ1) is 24.1. The molecule has 1 amide bonds. The van der Waals surface area contributed by atoms with E-state index in [1.165, 1.54) is 5.56 Å². The highest BCUT2D eigenvalue weighted by atomic mass is 16.2. The van der Waals surface area contributed by atoms with Gasteiger partial charge in [0.2, 0.25) is 5.91 Å². The molecule has 5 aromatic rings. The maximum atomic E-state index is 12.1. The van der Waals surface area contributed by atoms with Crippen molar-refractivity contribution in [1.29, 1.82) is 0 Å². The van der Waals surface area contributed by atoms with Crippen molar-refractivity contribution >= 4 is 28.3 Å². The second-order valence-electron chi connectivity index (χ2n) is 9.24. The number of carbonyl (C=O) groups excluding carboxylic acids is 1. The van der Waals surface area contributed by atoms with Crippen LogP contribution in [0.1, 0.15) is 29.7 Å². The summed E-state index contributed by atoms with van der Waals surface area (Å²) in [6, 6.07) is 18.0. The number of aryl methyl sites for hydroxylation is 2. The molecule has 4 heterocycles. The topological polar surface area (TPSA) is 112 Å². The number of aromatic nitrogens is 5. The molecule has 0 bridgehead atoms. The van der Waals surface area contributed by atoms with E-state index in [2.05, 4.69) is 44.4 Å². The first-order valence-corrected chi connectivity index (χ1v) is 12.3. The minimum Gasteiger partial charge on any atom is -0.383 e. The van der Waals surface area contributed by atoms with Gasteiger partial charge in [0, 0.05) is 55.1 Å². The van der Waals surface area contributed by atoms with E-state index in [-0.39, 0.29) is 11.8 Å². The fourth-order valence-electron chi connectivity index (χ4n) is 4.18. The van der Waals surface area contributed by atoms with Gasteiger partial charge in [-0.25, -0.2) is 9.97 Å². The number of fused-ring (bicyclic) bond motifs is 1. The lowest BCUT2D eigenvalue weighted by Crippen LogP contribution is -2.14. The van der Waals surface area contributed by atoms with Crippen LogP contribution in [0.25, 0.3) is 22.0 Å². The van der Waals surface area contributed by atoms with Gasteiger partial charge in [0.05, 0.1) is 11.4 Å². The molecule has 8 nitrogen and oxygen atoms in total. The Morgan fingerprint density at radius 1 is 1.08 bits per heavy atom. The summed E-state index contributed by atoms with van der Waals surface area (Å²) in [5.41, 5.74) is 11.3. The zero-order valence-corrected chi connectivity index (χ0v) is 20.9. The summed E-state index contributed by atoms with van der Waals surface area (Å²) in [5, 5.41) is 8.39. The van der Waals surface area contributed by atoms with Crippen LogP contribution >= 0.6 is 0 Å². The lowest BCUT2D eigenvalue weighted by atomic mass is 9.98. The molecular formula is C29H29N7O. The Morgan fingerprint density at radius 2 is 1.89 bits per heavy atom. The van der Waals surface area contributed by atoms with E-state index in [0.717, 1.165) is 46.1 Å². The molecule has 0 radical (unpaired) electrons. The van der Waals surface area contributed by atoms with Crippen molar-refractivity contribution in [3.05, 3.63) is 96.2 Å². The number of carbonyl (C=O) groups is 1. The number of nitrogen functional groups attached to an aromatic ring is 1. The van der Waals surface area contributed by atoms with E-state index in [9.17, 15) is 4.79 Å². The first-order chi connectivity index (χ1) is 18.0. The summed E-state index contributed by atoms with van der Waals surface area (Å²) in [7, 11) is 1.89. The van der Waals surface area contributed by atoms with E-state index in [1.807, 2.05) is 61.9 Å². The molecule has 6 rings (SSSR count). The lowest BCUT2D eigenvalue weighted by Gasteiger charge is -2.14. The summed E-state index contributed by atoms with van der Waals surface area (Å²) in [4.78, 5) is 25.8. The minimum atomic E-state index is 0.0300. The van der Waals surface area contributed by atoms with E-state index >= 15 is 0 Å². The predicted molar refractivity (Wildman–Crippen MR) is 146 cm³/mol. The van der Waals surface area contributed by atoms with Gasteiger partial charge < -0.3 is 11.1 Å². The number of nitrogens with zero attached hydrogens (tertiary/aromatic N) is 5. The SMILES string of the molecule is Cc1ccnc(Cc2ccccc2)c1-c1cc2cc(NC(=O)C3CC3)ncc2c(N)n1.Cn1cccn1. The average Bonchev–Trinajstić information content (AvgIpc) is 3.64. The normalized spacial score (nSPS) is 12.6. The third-order valence-corrected chi connectivity index (χ3v) is 6.29. The Bertz CT molecular complexity index is 1530. The van der Waals surface area contributed by atoms with E-state index in [0.29, 0.717) is 18.1 Å². The first-order valence-electron chi connectivity index (χ1n) is 12.3. The number of hydrogen-bond acceptors (Lipinski definition) is 6. The Labute approximate surface area is 215 Å². The summed E-state index contributed by atoms with van der Waals surface area (Å²) < 4.78 is 1.75. The molecule has 0 spiro atoms. The van der Waals surface area contributed by atoms with Gasteiger partial charge >= 0.3 is 0 Å². The Morgan fingerprint density at radius 3 is 2.57 bits per heavy atom. The molecule has 8 heteroatoms. The van der Waals surface area contributed by atoms with Crippen LogP contribution in [0.4, 0.5) is 11.6 Å². The molecule has 1 aromatic carbocycles. The predicted octanol–water partition coefficient (Wildman–Crippen LogP) is 4.94. The van der Waals surface area contributed by atoms with Crippen molar-refractivity contribution in [2.45, 2.75) is 26.2 Å². The van der Waals surface area contributed by atoms with E-state index in [1.54, 1.807) is 17.1 Å². The van der Waals surface area contributed by atoms with Gasteiger partial charge in [-0.05, 0) is 60.5 Å². The highest BCUT2D eigenvalue weighted by molar-refractivity contribution is 5.98. The third kappa shape index (κ3) is 5.81. The Hall–Kier alpha value is -4.59. The summed E-state index contributed by atoms with van der Waals surface area (Å²) in [5.74, 6) is 1.10. The molecule has 3 N–H and O–H groups in total. The van der Waals surface area contributed by atoms with Crippen molar-refractivity contribution in [2.24, 2.45) is 13.0 Å². The van der Waals surface area contributed by atoms with Gasteiger partial charge in [-0.15, -0.1) is 0 Å². The van der Waals surface area contributed by atoms with E-state index in [4.69, 9.17) is 5.73 Å². The fourth-order valence-corrected chi connectivity index (χ4v) is 4.18. The van der Waals surface area contributed by atoms with Crippen LogP contribution in [0.2, 0.25) is 0 Å². The molecule has 1 fully saturated rings. The zero-order valence-electron chi connectivity index (χ0n) is 20.9. The molecule has 0 aliphatic heterocycles. The summed E-state index contributed by atoms with van der Waals surface area (Å²) >= 11 is 0. The van der Waals surface area contributed by atoms with E-state index < -0.39 is 0 Å². The number of pyridine rings is 3. The van der Waals surface area contributed by atoms with Crippen molar-refractivity contribution in [3.63, 3.8) is 0 Å². The highest BCUT2D eigenvalue weighted by Gasteiger charge is 2.29.